The van der Waals surface area contributed by atoms with Gasteiger partial charge in [-0.05, 0) is 31.0 Å². The number of hydrogen-bond acceptors (Lipinski definition) is 4. The molecule has 124 valence electrons. The van der Waals surface area contributed by atoms with Crippen molar-refractivity contribution in [1.29, 1.82) is 0 Å². The Kier molecular flexibility index (Phi) is 5.33. The molecule has 0 saturated heterocycles. The highest BCUT2D eigenvalue weighted by Crippen LogP contribution is 2.21. The average Bonchev–Trinajstić information content (AvgIpc) is 3.02. The zero-order valence-electron chi connectivity index (χ0n) is 13.8. The normalized spacial score (nSPS) is 12.4. The van der Waals surface area contributed by atoms with Crippen LogP contribution in [0.1, 0.15) is 31.4 Å². The summed E-state index contributed by atoms with van der Waals surface area (Å²) in [7, 11) is 0. The molecule has 0 fully saturated rings. The Labute approximate surface area is 141 Å². The van der Waals surface area contributed by atoms with E-state index in [1.165, 1.54) is 0 Å². The summed E-state index contributed by atoms with van der Waals surface area (Å²) in [6.07, 6.45) is 1.15. The van der Waals surface area contributed by atoms with E-state index in [9.17, 15) is 4.79 Å². The van der Waals surface area contributed by atoms with Gasteiger partial charge in [0.2, 0.25) is 0 Å². The van der Waals surface area contributed by atoms with Gasteiger partial charge in [0.25, 0.3) is 0 Å². The summed E-state index contributed by atoms with van der Waals surface area (Å²) in [5, 5.41) is 8.43. The van der Waals surface area contributed by atoms with Gasteiger partial charge < -0.3 is 4.74 Å². The third-order valence-electron chi connectivity index (χ3n) is 3.95. The minimum atomic E-state index is -0.0364. The van der Waals surface area contributed by atoms with E-state index in [0.29, 0.717) is 19.6 Å². The van der Waals surface area contributed by atoms with Gasteiger partial charge in [-0.1, -0.05) is 47.7 Å². The quantitative estimate of drug-likeness (QED) is 0.595. The SMILES string of the molecule is CC(=O)CC(CCOCc1ccccc1)n1nnc2ccccc21. The van der Waals surface area contributed by atoms with Crippen molar-refractivity contribution in [3.05, 3.63) is 60.2 Å². The first-order valence-corrected chi connectivity index (χ1v) is 8.15. The molecule has 3 aromatic rings. The molecule has 5 nitrogen and oxygen atoms in total. The highest BCUT2D eigenvalue weighted by molar-refractivity contribution is 5.77. The standard InChI is InChI=1S/C19H21N3O2/c1-15(23)13-17(11-12-24-14-16-7-3-2-4-8-16)22-19-10-6-5-9-18(19)20-21-22/h2-10,17H,11-14H2,1H3. The lowest BCUT2D eigenvalue weighted by Gasteiger charge is -2.16. The maximum atomic E-state index is 11.6. The van der Waals surface area contributed by atoms with Crippen LogP contribution in [0.25, 0.3) is 11.0 Å². The molecule has 0 saturated carbocycles. The van der Waals surface area contributed by atoms with E-state index in [4.69, 9.17) is 4.74 Å². The third-order valence-corrected chi connectivity index (χ3v) is 3.95. The largest absolute Gasteiger partial charge is 0.377 e. The van der Waals surface area contributed by atoms with Crippen LogP contribution in [-0.4, -0.2) is 27.4 Å². The molecule has 0 bridgehead atoms. The fourth-order valence-corrected chi connectivity index (χ4v) is 2.78. The number of rotatable bonds is 8. The number of aromatic nitrogens is 3. The number of hydrogen-bond donors (Lipinski definition) is 0. The van der Waals surface area contributed by atoms with Crippen LogP contribution in [-0.2, 0) is 16.1 Å². The number of carbonyl (C=O) groups is 1. The van der Waals surface area contributed by atoms with E-state index < -0.39 is 0 Å². The molecule has 1 heterocycles. The van der Waals surface area contributed by atoms with Gasteiger partial charge in [-0.3, -0.25) is 4.79 Å². The molecule has 5 heteroatoms. The summed E-state index contributed by atoms with van der Waals surface area (Å²) < 4.78 is 7.62. The van der Waals surface area contributed by atoms with Crippen molar-refractivity contribution in [1.82, 2.24) is 15.0 Å². The Balaban J connectivity index is 1.65. The highest BCUT2D eigenvalue weighted by Gasteiger charge is 2.17. The van der Waals surface area contributed by atoms with Crippen LogP contribution in [0.5, 0.6) is 0 Å². The van der Waals surface area contributed by atoms with Crippen molar-refractivity contribution in [2.24, 2.45) is 0 Å². The molecule has 24 heavy (non-hydrogen) atoms. The minimum Gasteiger partial charge on any atom is -0.377 e. The van der Waals surface area contributed by atoms with Crippen molar-refractivity contribution in [2.45, 2.75) is 32.4 Å². The maximum absolute atomic E-state index is 11.6. The fourth-order valence-electron chi connectivity index (χ4n) is 2.78. The van der Waals surface area contributed by atoms with Gasteiger partial charge in [-0.15, -0.1) is 5.10 Å². The number of ether oxygens (including phenoxy) is 1. The lowest BCUT2D eigenvalue weighted by Crippen LogP contribution is -2.16. The van der Waals surface area contributed by atoms with E-state index in [1.807, 2.05) is 59.3 Å². The first-order valence-electron chi connectivity index (χ1n) is 8.15. The summed E-state index contributed by atoms with van der Waals surface area (Å²) in [4.78, 5) is 11.6. The average molecular weight is 323 g/mol. The van der Waals surface area contributed by atoms with Gasteiger partial charge in [0.1, 0.15) is 11.3 Å². The predicted octanol–water partition coefficient (Wildman–Crippen LogP) is 3.56. The Morgan fingerprint density at radius 1 is 1.12 bits per heavy atom. The lowest BCUT2D eigenvalue weighted by atomic mass is 10.1. The van der Waals surface area contributed by atoms with Crippen LogP contribution < -0.4 is 0 Å². The summed E-state index contributed by atoms with van der Waals surface area (Å²) >= 11 is 0. The molecule has 0 aliphatic heterocycles. The van der Waals surface area contributed by atoms with Gasteiger partial charge >= 0.3 is 0 Å². The second kappa shape index (κ2) is 7.84. The van der Waals surface area contributed by atoms with Crippen molar-refractivity contribution in [3.8, 4) is 0 Å². The monoisotopic (exact) mass is 323 g/mol. The van der Waals surface area contributed by atoms with E-state index in [1.54, 1.807) is 6.92 Å². The summed E-state index contributed by atoms with van der Waals surface area (Å²) in [6.45, 7) is 2.75. The number of fused-ring (bicyclic) bond motifs is 1. The van der Waals surface area contributed by atoms with Gasteiger partial charge in [-0.2, -0.15) is 0 Å². The summed E-state index contributed by atoms with van der Waals surface area (Å²) in [5.74, 6) is 0.141. The van der Waals surface area contributed by atoms with Crippen LogP contribution in [0.4, 0.5) is 0 Å². The molecule has 1 aromatic heterocycles. The Morgan fingerprint density at radius 3 is 2.67 bits per heavy atom. The van der Waals surface area contributed by atoms with Crippen molar-refractivity contribution < 1.29 is 9.53 Å². The second-order valence-corrected chi connectivity index (χ2v) is 5.91. The lowest BCUT2D eigenvalue weighted by molar-refractivity contribution is -0.117. The van der Waals surface area contributed by atoms with Crippen LogP contribution in [0, 0.1) is 0 Å². The first kappa shape index (κ1) is 16.3. The molecule has 1 unspecified atom stereocenters. The zero-order chi connectivity index (χ0) is 16.8. The molecule has 0 aliphatic carbocycles. The molecule has 2 aromatic carbocycles. The summed E-state index contributed by atoms with van der Waals surface area (Å²) in [6, 6.07) is 17.8. The van der Waals surface area contributed by atoms with E-state index in [2.05, 4.69) is 10.3 Å². The molecule has 0 N–H and O–H groups in total. The fraction of sp³-hybridized carbons (Fsp3) is 0.316. The molecule has 0 spiro atoms. The molecule has 0 aliphatic rings. The summed E-state index contributed by atoms with van der Waals surface area (Å²) in [5.41, 5.74) is 2.94. The number of benzene rings is 2. The molecule has 0 amide bonds. The van der Waals surface area contributed by atoms with Crippen LogP contribution >= 0.6 is 0 Å². The number of Topliss-reactive ketones (excluding diaryl/α,β-unsaturated/α-hetero) is 1. The maximum Gasteiger partial charge on any atom is 0.131 e. The van der Waals surface area contributed by atoms with Crippen LogP contribution in [0.3, 0.4) is 0 Å². The van der Waals surface area contributed by atoms with Gasteiger partial charge in [0, 0.05) is 13.0 Å². The Bertz CT molecular complexity index is 798. The van der Waals surface area contributed by atoms with Crippen LogP contribution in [0.15, 0.2) is 54.6 Å². The third kappa shape index (κ3) is 4.06. The topological polar surface area (TPSA) is 57.0 Å². The van der Waals surface area contributed by atoms with Gasteiger partial charge in [-0.25, -0.2) is 4.68 Å². The van der Waals surface area contributed by atoms with Gasteiger partial charge in [0.15, 0.2) is 0 Å². The van der Waals surface area contributed by atoms with Crippen molar-refractivity contribution in [2.75, 3.05) is 6.61 Å². The molecular weight excluding hydrogens is 302 g/mol. The predicted molar refractivity (Wildman–Crippen MR) is 92.6 cm³/mol. The number of carbonyl (C=O) groups excluding carboxylic acids is 1. The van der Waals surface area contributed by atoms with Gasteiger partial charge in [0.05, 0.1) is 18.2 Å². The molecule has 1 atom stereocenters. The zero-order valence-corrected chi connectivity index (χ0v) is 13.8. The number of nitrogens with zero attached hydrogens (tertiary/aromatic N) is 3. The van der Waals surface area contributed by atoms with E-state index in [0.717, 1.165) is 23.0 Å². The van der Waals surface area contributed by atoms with E-state index >= 15 is 0 Å². The second-order valence-electron chi connectivity index (χ2n) is 5.91. The minimum absolute atomic E-state index is 0.0364. The molecule has 0 radical (unpaired) electrons. The van der Waals surface area contributed by atoms with Crippen molar-refractivity contribution >= 4 is 16.8 Å². The first-order chi connectivity index (χ1) is 11.7. The number of para-hydroxylation sites is 1. The molecular formula is C19H21N3O2. The van der Waals surface area contributed by atoms with Crippen LogP contribution in [0.2, 0.25) is 0 Å². The smallest absolute Gasteiger partial charge is 0.131 e. The Hall–Kier alpha value is -2.53. The Morgan fingerprint density at radius 2 is 1.88 bits per heavy atom. The number of ketones is 1. The highest BCUT2D eigenvalue weighted by atomic mass is 16.5. The van der Waals surface area contributed by atoms with E-state index in [-0.39, 0.29) is 11.8 Å². The molecule has 3 rings (SSSR count). The van der Waals surface area contributed by atoms with Crippen molar-refractivity contribution in [3.63, 3.8) is 0 Å².